The Hall–Kier alpha value is -0.510. The third-order valence-electron chi connectivity index (χ3n) is 2.09. The van der Waals surface area contributed by atoms with Gasteiger partial charge in [-0.2, -0.15) is 17.6 Å². The highest BCUT2D eigenvalue weighted by molar-refractivity contribution is 7.79. The van der Waals surface area contributed by atoms with Gasteiger partial charge < -0.3 is 4.52 Å². The third kappa shape index (κ3) is 1.27. The van der Waals surface area contributed by atoms with Crippen LogP contribution in [-0.4, -0.2) is 10.1 Å². The number of hydrogen-bond donors (Lipinski definition) is 1. The monoisotopic (exact) mass is 170 g/mol. The molecule has 11 heavy (non-hydrogen) atoms. The predicted octanol–water partition coefficient (Wildman–Crippen LogP) is 1.77. The summed E-state index contributed by atoms with van der Waals surface area (Å²) in [6.07, 6.45) is 3.73. The second-order valence-corrected chi connectivity index (χ2v) is 3.15. The zero-order valence-electron chi connectivity index (χ0n) is 6.16. The fourth-order valence-corrected chi connectivity index (χ4v) is 1.29. The maximum Gasteiger partial charge on any atom is 0.236 e. The van der Waals surface area contributed by atoms with Gasteiger partial charge in [0.15, 0.2) is 5.82 Å². The molecular formula is C7H10N2OS. The molecule has 0 amide bonds. The van der Waals surface area contributed by atoms with E-state index in [-0.39, 0.29) is 0 Å². The number of aromatic nitrogens is 2. The van der Waals surface area contributed by atoms with Gasteiger partial charge in [-0.25, -0.2) is 0 Å². The van der Waals surface area contributed by atoms with Crippen LogP contribution >= 0.6 is 12.6 Å². The van der Waals surface area contributed by atoms with Crippen LogP contribution in [0.2, 0.25) is 0 Å². The first-order chi connectivity index (χ1) is 5.40. The van der Waals surface area contributed by atoms with Crippen molar-refractivity contribution in [3.8, 4) is 0 Å². The molecule has 0 atom stereocenters. The van der Waals surface area contributed by atoms with Crippen molar-refractivity contribution in [2.75, 3.05) is 0 Å². The molecule has 60 valence electrons. The van der Waals surface area contributed by atoms with E-state index in [0.29, 0.717) is 17.6 Å². The Kier molecular flexibility index (Phi) is 1.85. The molecule has 1 aliphatic carbocycles. The minimum Gasteiger partial charge on any atom is -0.338 e. The molecule has 0 saturated heterocycles. The summed E-state index contributed by atoms with van der Waals surface area (Å²) in [7, 11) is 0. The van der Waals surface area contributed by atoms with E-state index in [0.717, 1.165) is 5.82 Å². The normalized spacial score (nSPS) is 18.3. The molecule has 4 heteroatoms. The minimum atomic E-state index is 0.541. The van der Waals surface area contributed by atoms with Gasteiger partial charge in [-0.1, -0.05) is 11.6 Å². The van der Waals surface area contributed by atoms with Gasteiger partial charge in [-0.15, -0.1) is 0 Å². The van der Waals surface area contributed by atoms with Gasteiger partial charge in [-0.05, 0) is 12.8 Å². The second-order valence-electron chi connectivity index (χ2n) is 2.83. The fraction of sp³-hybridized carbons (Fsp3) is 0.714. The van der Waals surface area contributed by atoms with Crippen molar-refractivity contribution in [3.63, 3.8) is 0 Å². The SMILES string of the molecule is SCc1nc(C2CCC2)no1. The quantitative estimate of drug-likeness (QED) is 0.687. The fourth-order valence-electron chi connectivity index (χ4n) is 1.16. The average Bonchev–Trinajstić information content (AvgIpc) is 2.32. The highest BCUT2D eigenvalue weighted by Crippen LogP contribution is 2.34. The van der Waals surface area contributed by atoms with E-state index >= 15 is 0 Å². The van der Waals surface area contributed by atoms with Crippen LogP contribution in [0.25, 0.3) is 0 Å². The van der Waals surface area contributed by atoms with Crippen LogP contribution in [0.3, 0.4) is 0 Å². The summed E-state index contributed by atoms with van der Waals surface area (Å²) in [5, 5.41) is 3.87. The molecule has 0 radical (unpaired) electrons. The summed E-state index contributed by atoms with van der Waals surface area (Å²) < 4.78 is 4.93. The van der Waals surface area contributed by atoms with Crippen molar-refractivity contribution in [1.29, 1.82) is 0 Å². The molecule has 0 bridgehead atoms. The maximum atomic E-state index is 4.93. The summed E-state index contributed by atoms with van der Waals surface area (Å²) in [6.45, 7) is 0. The lowest BCUT2D eigenvalue weighted by Crippen LogP contribution is -2.10. The largest absolute Gasteiger partial charge is 0.338 e. The molecule has 1 fully saturated rings. The molecule has 2 rings (SSSR count). The van der Waals surface area contributed by atoms with Crippen LogP contribution in [0.1, 0.15) is 36.9 Å². The number of hydrogen-bond acceptors (Lipinski definition) is 4. The van der Waals surface area contributed by atoms with Gasteiger partial charge in [0.05, 0.1) is 5.75 Å². The van der Waals surface area contributed by atoms with E-state index in [1.807, 2.05) is 0 Å². The van der Waals surface area contributed by atoms with Gasteiger partial charge in [0.25, 0.3) is 0 Å². The molecule has 0 aromatic carbocycles. The van der Waals surface area contributed by atoms with Gasteiger partial charge >= 0.3 is 0 Å². The number of thiol groups is 1. The summed E-state index contributed by atoms with van der Waals surface area (Å²) in [5.74, 6) is 2.61. The Bertz CT molecular complexity index is 244. The molecule has 0 aliphatic heterocycles. The first-order valence-electron chi connectivity index (χ1n) is 3.83. The Morgan fingerprint density at radius 1 is 1.55 bits per heavy atom. The van der Waals surface area contributed by atoms with E-state index in [1.54, 1.807) is 0 Å². The van der Waals surface area contributed by atoms with Crippen molar-refractivity contribution in [3.05, 3.63) is 11.7 Å². The Labute approximate surface area is 70.6 Å². The van der Waals surface area contributed by atoms with Crippen molar-refractivity contribution in [2.24, 2.45) is 0 Å². The number of nitrogens with zero attached hydrogens (tertiary/aromatic N) is 2. The lowest BCUT2D eigenvalue weighted by molar-refractivity contribution is 0.353. The van der Waals surface area contributed by atoms with E-state index in [9.17, 15) is 0 Å². The summed E-state index contributed by atoms with van der Waals surface area (Å²) in [4.78, 5) is 4.20. The predicted molar refractivity (Wildman–Crippen MR) is 43.6 cm³/mol. The minimum absolute atomic E-state index is 0.541. The molecule has 1 aromatic heterocycles. The molecule has 0 N–H and O–H groups in total. The lowest BCUT2D eigenvalue weighted by Gasteiger charge is -2.20. The summed E-state index contributed by atoms with van der Waals surface area (Å²) >= 11 is 4.04. The summed E-state index contributed by atoms with van der Waals surface area (Å²) in [5.41, 5.74) is 0. The van der Waals surface area contributed by atoms with Gasteiger partial charge in [-0.3, -0.25) is 0 Å². The summed E-state index contributed by atoms with van der Waals surface area (Å²) in [6, 6.07) is 0. The van der Waals surface area contributed by atoms with Crippen molar-refractivity contribution >= 4 is 12.6 Å². The van der Waals surface area contributed by atoms with E-state index in [4.69, 9.17) is 4.52 Å². The Balaban J connectivity index is 2.11. The Morgan fingerprint density at radius 3 is 2.82 bits per heavy atom. The maximum absolute atomic E-state index is 4.93. The molecule has 3 nitrogen and oxygen atoms in total. The highest BCUT2D eigenvalue weighted by Gasteiger charge is 2.24. The first kappa shape index (κ1) is 7.16. The highest BCUT2D eigenvalue weighted by atomic mass is 32.1. The lowest BCUT2D eigenvalue weighted by atomic mass is 9.85. The standard InChI is InChI=1S/C7H10N2OS/c11-4-6-8-7(9-10-6)5-2-1-3-5/h5,11H,1-4H2. The van der Waals surface area contributed by atoms with Crippen LogP contribution in [-0.2, 0) is 5.75 Å². The molecule has 1 saturated carbocycles. The molecule has 1 heterocycles. The van der Waals surface area contributed by atoms with Crippen molar-refractivity contribution in [2.45, 2.75) is 30.9 Å². The molecule has 1 aromatic rings. The van der Waals surface area contributed by atoms with Crippen molar-refractivity contribution in [1.82, 2.24) is 10.1 Å². The van der Waals surface area contributed by atoms with E-state index < -0.39 is 0 Å². The third-order valence-corrected chi connectivity index (χ3v) is 2.36. The molecule has 0 spiro atoms. The molecular weight excluding hydrogens is 160 g/mol. The van der Waals surface area contributed by atoms with E-state index in [2.05, 4.69) is 22.8 Å². The first-order valence-corrected chi connectivity index (χ1v) is 4.46. The van der Waals surface area contributed by atoms with Crippen LogP contribution < -0.4 is 0 Å². The topological polar surface area (TPSA) is 38.9 Å². The Morgan fingerprint density at radius 2 is 2.36 bits per heavy atom. The van der Waals surface area contributed by atoms with Crippen LogP contribution in [0.15, 0.2) is 4.52 Å². The van der Waals surface area contributed by atoms with E-state index in [1.165, 1.54) is 19.3 Å². The average molecular weight is 170 g/mol. The van der Waals surface area contributed by atoms with Gasteiger partial charge in [0.1, 0.15) is 0 Å². The van der Waals surface area contributed by atoms with Crippen LogP contribution in [0, 0.1) is 0 Å². The zero-order chi connectivity index (χ0) is 7.68. The van der Waals surface area contributed by atoms with Gasteiger partial charge in [0.2, 0.25) is 5.89 Å². The second kappa shape index (κ2) is 2.85. The smallest absolute Gasteiger partial charge is 0.236 e. The molecule has 0 unspecified atom stereocenters. The molecule has 1 aliphatic rings. The van der Waals surface area contributed by atoms with Crippen LogP contribution in [0.5, 0.6) is 0 Å². The van der Waals surface area contributed by atoms with Gasteiger partial charge in [0, 0.05) is 5.92 Å². The zero-order valence-corrected chi connectivity index (χ0v) is 7.05. The van der Waals surface area contributed by atoms with Crippen molar-refractivity contribution < 1.29 is 4.52 Å². The van der Waals surface area contributed by atoms with Crippen LogP contribution in [0.4, 0.5) is 0 Å². The number of rotatable bonds is 2.